The van der Waals surface area contributed by atoms with Gasteiger partial charge >= 0.3 is 0 Å². The first-order valence-corrected chi connectivity index (χ1v) is 9.07. The summed E-state index contributed by atoms with van der Waals surface area (Å²) in [5, 5.41) is 3.17. The van der Waals surface area contributed by atoms with Crippen LogP contribution in [0.15, 0.2) is 0 Å². The monoisotopic (exact) mass is 305 g/mol. The lowest BCUT2D eigenvalue weighted by Crippen LogP contribution is -2.55. The summed E-state index contributed by atoms with van der Waals surface area (Å²) in [6.45, 7) is 7.39. The summed E-state index contributed by atoms with van der Waals surface area (Å²) < 4.78 is 35.1. The number of nitrogens with zero attached hydrogens (tertiary/aromatic N) is 1. The van der Waals surface area contributed by atoms with Gasteiger partial charge < -0.3 is 10.1 Å². The highest BCUT2D eigenvalue weighted by Gasteiger charge is 2.37. The highest BCUT2D eigenvalue weighted by atomic mass is 32.2. The molecule has 0 saturated carbocycles. The minimum absolute atomic E-state index is 0.0106. The predicted octanol–water partition coefficient (Wildman–Crippen LogP) is 0.464. The maximum atomic E-state index is 12.4. The van der Waals surface area contributed by atoms with E-state index in [0.29, 0.717) is 19.7 Å². The Bertz CT molecular complexity index is 403. The zero-order chi connectivity index (χ0) is 14.6. The Hall–Kier alpha value is -0.210. The van der Waals surface area contributed by atoms with Crippen molar-refractivity contribution in [3.8, 4) is 0 Å². The third kappa shape index (κ3) is 3.71. The average Bonchev–Trinajstić information content (AvgIpc) is 2.48. The van der Waals surface area contributed by atoms with E-state index in [4.69, 9.17) is 4.74 Å². The van der Waals surface area contributed by atoms with Crippen molar-refractivity contribution in [2.24, 2.45) is 0 Å². The summed E-state index contributed by atoms with van der Waals surface area (Å²) in [4.78, 5) is 0. The second-order valence-electron chi connectivity index (χ2n) is 5.70. The van der Waals surface area contributed by atoms with Gasteiger partial charge in [-0.2, -0.15) is 17.4 Å². The van der Waals surface area contributed by atoms with Crippen LogP contribution in [0.1, 0.15) is 39.5 Å². The largest absolute Gasteiger partial charge is 0.375 e. The van der Waals surface area contributed by atoms with Crippen molar-refractivity contribution < 1.29 is 13.2 Å². The van der Waals surface area contributed by atoms with Gasteiger partial charge in [0.15, 0.2) is 0 Å². The second kappa shape index (κ2) is 6.70. The van der Waals surface area contributed by atoms with Gasteiger partial charge in [0.05, 0.1) is 5.60 Å². The van der Waals surface area contributed by atoms with E-state index in [1.54, 1.807) is 4.31 Å². The second-order valence-corrected chi connectivity index (χ2v) is 7.40. The zero-order valence-electron chi connectivity index (χ0n) is 12.5. The Labute approximate surface area is 122 Å². The fraction of sp³-hybridized carbons (Fsp3) is 1.00. The Morgan fingerprint density at radius 3 is 2.55 bits per heavy atom. The molecule has 118 valence electrons. The molecule has 2 N–H and O–H groups in total. The molecule has 7 heteroatoms. The molecule has 0 aromatic carbocycles. The van der Waals surface area contributed by atoms with Crippen LogP contribution in [-0.4, -0.2) is 57.2 Å². The first-order valence-electron chi connectivity index (χ1n) is 7.63. The fourth-order valence-electron chi connectivity index (χ4n) is 3.04. The maximum absolute atomic E-state index is 12.4. The average molecular weight is 305 g/mol. The first-order chi connectivity index (χ1) is 9.51. The van der Waals surface area contributed by atoms with Crippen LogP contribution in [0.5, 0.6) is 0 Å². The van der Waals surface area contributed by atoms with Crippen molar-refractivity contribution in [2.45, 2.75) is 51.2 Å². The lowest BCUT2D eigenvalue weighted by molar-refractivity contribution is -0.0906. The van der Waals surface area contributed by atoms with Gasteiger partial charge in [-0.15, -0.1) is 0 Å². The fourth-order valence-corrected chi connectivity index (χ4v) is 4.48. The van der Waals surface area contributed by atoms with Gasteiger partial charge in [0.25, 0.3) is 10.2 Å². The molecule has 20 heavy (non-hydrogen) atoms. The minimum atomic E-state index is -3.36. The molecule has 0 bridgehead atoms. The maximum Gasteiger partial charge on any atom is 0.279 e. The molecular weight excluding hydrogens is 278 g/mol. The van der Waals surface area contributed by atoms with Crippen LogP contribution in [0.3, 0.4) is 0 Å². The standard InChI is InChI=1S/C13H27N3O3S/c1-3-13(4-2)11-12(5-10-19-13)15-20(17,18)16-8-6-14-7-9-16/h12,14-15H,3-11H2,1-2H3. The van der Waals surface area contributed by atoms with Crippen molar-refractivity contribution in [3.05, 3.63) is 0 Å². The molecule has 0 aromatic heterocycles. The SMILES string of the molecule is CCC1(CC)CC(NS(=O)(=O)N2CCNCC2)CCO1. The molecular formula is C13H27N3O3S. The summed E-state index contributed by atoms with van der Waals surface area (Å²) in [6, 6.07) is -0.0106. The minimum Gasteiger partial charge on any atom is -0.375 e. The van der Waals surface area contributed by atoms with Crippen molar-refractivity contribution in [1.29, 1.82) is 0 Å². The summed E-state index contributed by atoms with van der Waals surface area (Å²) in [6.07, 6.45) is 3.38. The first kappa shape index (κ1) is 16.2. The van der Waals surface area contributed by atoms with Crippen molar-refractivity contribution in [2.75, 3.05) is 32.8 Å². The normalized spacial score (nSPS) is 28.4. The van der Waals surface area contributed by atoms with E-state index in [0.717, 1.165) is 38.8 Å². The molecule has 0 amide bonds. The molecule has 2 rings (SSSR count). The third-order valence-electron chi connectivity index (χ3n) is 4.51. The van der Waals surface area contributed by atoms with Crippen LogP contribution in [0.4, 0.5) is 0 Å². The van der Waals surface area contributed by atoms with E-state index in [1.807, 2.05) is 0 Å². The molecule has 2 heterocycles. The Kier molecular flexibility index (Phi) is 5.42. The summed E-state index contributed by atoms with van der Waals surface area (Å²) in [7, 11) is -3.36. The van der Waals surface area contributed by atoms with Crippen molar-refractivity contribution in [1.82, 2.24) is 14.3 Å². The number of piperazine rings is 1. The Balaban J connectivity index is 1.98. The predicted molar refractivity (Wildman–Crippen MR) is 78.8 cm³/mol. The molecule has 2 aliphatic heterocycles. The van der Waals surface area contributed by atoms with Crippen LogP contribution in [-0.2, 0) is 14.9 Å². The number of hydrogen-bond acceptors (Lipinski definition) is 4. The van der Waals surface area contributed by atoms with E-state index >= 15 is 0 Å². The van der Waals surface area contributed by atoms with E-state index in [1.165, 1.54) is 0 Å². The molecule has 2 fully saturated rings. The molecule has 6 nitrogen and oxygen atoms in total. The number of ether oxygens (including phenoxy) is 1. The van der Waals surface area contributed by atoms with Gasteiger partial charge in [-0.05, 0) is 25.7 Å². The molecule has 0 radical (unpaired) electrons. The van der Waals surface area contributed by atoms with Gasteiger partial charge in [-0.3, -0.25) is 0 Å². The van der Waals surface area contributed by atoms with Crippen LogP contribution in [0, 0.1) is 0 Å². The zero-order valence-corrected chi connectivity index (χ0v) is 13.3. The highest BCUT2D eigenvalue weighted by molar-refractivity contribution is 7.87. The van der Waals surface area contributed by atoms with Crippen LogP contribution in [0.25, 0.3) is 0 Å². The van der Waals surface area contributed by atoms with E-state index in [-0.39, 0.29) is 11.6 Å². The Morgan fingerprint density at radius 2 is 1.95 bits per heavy atom. The quantitative estimate of drug-likeness (QED) is 0.774. The number of nitrogens with one attached hydrogen (secondary N) is 2. The smallest absolute Gasteiger partial charge is 0.279 e. The molecule has 1 atom stereocenters. The summed E-state index contributed by atoms with van der Waals surface area (Å²) in [5.41, 5.74) is -0.158. The molecule has 0 spiro atoms. The van der Waals surface area contributed by atoms with E-state index in [9.17, 15) is 8.42 Å². The lowest BCUT2D eigenvalue weighted by atomic mass is 9.86. The van der Waals surface area contributed by atoms with Crippen LogP contribution < -0.4 is 10.0 Å². The molecule has 2 saturated heterocycles. The lowest BCUT2D eigenvalue weighted by Gasteiger charge is -2.40. The third-order valence-corrected chi connectivity index (χ3v) is 6.19. The van der Waals surface area contributed by atoms with Crippen molar-refractivity contribution >= 4 is 10.2 Å². The van der Waals surface area contributed by atoms with Crippen molar-refractivity contribution in [3.63, 3.8) is 0 Å². The summed E-state index contributed by atoms with van der Waals surface area (Å²) >= 11 is 0. The molecule has 0 aromatic rings. The van der Waals surface area contributed by atoms with Gasteiger partial charge in [0, 0.05) is 38.8 Å². The van der Waals surface area contributed by atoms with E-state index in [2.05, 4.69) is 23.9 Å². The van der Waals surface area contributed by atoms with Gasteiger partial charge in [0.1, 0.15) is 0 Å². The molecule has 0 aliphatic carbocycles. The van der Waals surface area contributed by atoms with Crippen LogP contribution >= 0.6 is 0 Å². The Morgan fingerprint density at radius 1 is 1.30 bits per heavy atom. The molecule has 2 aliphatic rings. The van der Waals surface area contributed by atoms with Gasteiger partial charge in [-0.1, -0.05) is 13.8 Å². The van der Waals surface area contributed by atoms with Gasteiger partial charge in [0.2, 0.25) is 0 Å². The number of hydrogen-bond donors (Lipinski definition) is 2. The highest BCUT2D eigenvalue weighted by Crippen LogP contribution is 2.31. The summed E-state index contributed by atoms with van der Waals surface area (Å²) in [5.74, 6) is 0. The molecule has 1 unspecified atom stereocenters. The van der Waals surface area contributed by atoms with Crippen LogP contribution in [0.2, 0.25) is 0 Å². The topological polar surface area (TPSA) is 70.7 Å². The van der Waals surface area contributed by atoms with Gasteiger partial charge in [-0.25, -0.2) is 0 Å². The number of rotatable bonds is 5. The van der Waals surface area contributed by atoms with E-state index < -0.39 is 10.2 Å².